The van der Waals surface area contributed by atoms with Crippen LogP contribution in [0, 0.1) is 0 Å². The molecule has 2 rings (SSSR count). The highest BCUT2D eigenvalue weighted by Crippen LogP contribution is 2.47. The predicted octanol–water partition coefficient (Wildman–Crippen LogP) is -0.992. The number of aliphatic hydroxyl groups is 2. The Hall–Kier alpha value is -0.210. The molecule has 2 aliphatic rings. The first-order valence-electron chi connectivity index (χ1n) is 5.24. The molecule has 16 heavy (non-hydrogen) atoms. The molecule has 2 fully saturated rings. The Bertz CT molecular complexity index is 373. The van der Waals surface area contributed by atoms with Crippen molar-refractivity contribution in [3.63, 3.8) is 0 Å². The Labute approximate surface area is 94.3 Å². The van der Waals surface area contributed by atoms with Crippen molar-refractivity contribution < 1.29 is 27.6 Å². The summed E-state index contributed by atoms with van der Waals surface area (Å²) in [4.78, 5) is 0. The van der Waals surface area contributed by atoms with Crippen molar-refractivity contribution in [3.05, 3.63) is 0 Å². The fourth-order valence-corrected chi connectivity index (χ4v) is 4.17. The molecule has 7 heteroatoms. The van der Waals surface area contributed by atoms with E-state index in [0.717, 1.165) is 0 Å². The molecule has 0 saturated carbocycles. The number of rotatable bonds is 3. The maximum Gasteiger partial charge on any atom is 0.273 e. The number of aliphatic hydroxyl groups excluding tert-OH is 2. The van der Waals surface area contributed by atoms with Crippen molar-refractivity contribution in [2.45, 2.75) is 36.2 Å². The summed E-state index contributed by atoms with van der Waals surface area (Å²) in [5.74, 6) is 0. The smallest absolute Gasteiger partial charge is 0.273 e. The summed E-state index contributed by atoms with van der Waals surface area (Å²) in [5, 5.41) is 17.8. The van der Waals surface area contributed by atoms with Gasteiger partial charge in [-0.2, -0.15) is 8.42 Å². The van der Waals surface area contributed by atoms with Gasteiger partial charge >= 0.3 is 0 Å². The minimum absolute atomic E-state index is 0.168. The molecule has 2 N–H and O–H groups in total. The molecule has 3 atom stereocenters. The van der Waals surface area contributed by atoms with Gasteiger partial charge in [0.25, 0.3) is 10.1 Å². The van der Waals surface area contributed by atoms with Crippen LogP contribution in [0.1, 0.15) is 19.8 Å². The van der Waals surface area contributed by atoms with E-state index in [0.29, 0.717) is 6.42 Å². The van der Waals surface area contributed by atoms with Crippen molar-refractivity contribution in [2.24, 2.45) is 0 Å². The molecule has 6 nitrogen and oxygen atoms in total. The zero-order valence-electron chi connectivity index (χ0n) is 9.05. The van der Waals surface area contributed by atoms with Crippen LogP contribution < -0.4 is 0 Å². The van der Waals surface area contributed by atoms with Gasteiger partial charge in [-0.25, -0.2) is 0 Å². The van der Waals surface area contributed by atoms with Gasteiger partial charge in [0.05, 0.1) is 25.4 Å². The standard InChI is InChI=1S/C9H16O6S/c1-2-8(4-10)3-7-9(5-11,15-8)6-14-16(7,12)13/h7,10-11H,2-6H2,1H3. The summed E-state index contributed by atoms with van der Waals surface area (Å²) in [6.45, 7) is 0.976. The molecule has 0 amide bonds. The highest BCUT2D eigenvalue weighted by Gasteiger charge is 2.64. The molecular formula is C9H16O6S. The van der Waals surface area contributed by atoms with Crippen LogP contribution in [-0.4, -0.2) is 54.9 Å². The molecule has 2 aliphatic heterocycles. The SMILES string of the molecule is CCC1(CO)CC2C(CO)(COS2(=O)=O)O1. The lowest BCUT2D eigenvalue weighted by molar-refractivity contribution is -0.148. The number of hydrogen-bond acceptors (Lipinski definition) is 6. The first-order valence-corrected chi connectivity index (χ1v) is 6.71. The van der Waals surface area contributed by atoms with Crippen molar-refractivity contribution >= 4 is 10.1 Å². The maximum atomic E-state index is 11.6. The number of ether oxygens (including phenoxy) is 1. The number of fused-ring (bicyclic) bond motifs is 1. The fraction of sp³-hybridized carbons (Fsp3) is 1.00. The van der Waals surface area contributed by atoms with E-state index in [2.05, 4.69) is 4.18 Å². The van der Waals surface area contributed by atoms with E-state index >= 15 is 0 Å². The fourth-order valence-electron chi connectivity index (χ4n) is 2.42. The van der Waals surface area contributed by atoms with Gasteiger partial charge in [-0.15, -0.1) is 0 Å². The van der Waals surface area contributed by atoms with Gasteiger partial charge in [0.2, 0.25) is 0 Å². The zero-order chi connectivity index (χ0) is 12.0. The molecule has 0 aromatic heterocycles. The molecule has 0 spiro atoms. The van der Waals surface area contributed by atoms with E-state index in [1.54, 1.807) is 0 Å². The Morgan fingerprint density at radius 3 is 2.50 bits per heavy atom. The molecule has 2 heterocycles. The molecule has 0 bridgehead atoms. The van der Waals surface area contributed by atoms with Crippen LogP contribution in [0.25, 0.3) is 0 Å². The molecular weight excluding hydrogens is 236 g/mol. The highest BCUT2D eigenvalue weighted by molar-refractivity contribution is 7.87. The van der Waals surface area contributed by atoms with Crippen LogP contribution in [0.15, 0.2) is 0 Å². The lowest BCUT2D eigenvalue weighted by atomic mass is 9.95. The molecule has 0 aliphatic carbocycles. The van der Waals surface area contributed by atoms with E-state index in [9.17, 15) is 18.6 Å². The van der Waals surface area contributed by atoms with Crippen LogP contribution in [-0.2, 0) is 19.0 Å². The third-order valence-corrected chi connectivity index (χ3v) is 5.32. The van der Waals surface area contributed by atoms with Crippen LogP contribution in [0.4, 0.5) is 0 Å². The van der Waals surface area contributed by atoms with Crippen LogP contribution in [0.5, 0.6) is 0 Å². The second-order valence-corrected chi connectivity index (χ2v) is 6.26. The third kappa shape index (κ3) is 1.50. The van der Waals surface area contributed by atoms with E-state index in [1.165, 1.54) is 0 Å². The van der Waals surface area contributed by atoms with E-state index in [4.69, 9.17) is 4.74 Å². The zero-order valence-corrected chi connectivity index (χ0v) is 9.87. The molecule has 0 aromatic rings. The van der Waals surface area contributed by atoms with E-state index in [-0.39, 0.29) is 19.6 Å². The minimum atomic E-state index is -3.68. The van der Waals surface area contributed by atoms with Crippen LogP contribution in [0.3, 0.4) is 0 Å². The molecule has 0 aromatic carbocycles. The average Bonchev–Trinajstić information content (AvgIpc) is 2.74. The summed E-state index contributed by atoms with van der Waals surface area (Å²) in [5.41, 5.74) is -2.07. The average molecular weight is 252 g/mol. The lowest BCUT2D eigenvalue weighted by Crippen LogP contribution is -2.45. The Morgan fingerprint density at radius 2 is 2.06 bits per heavy atom. The van der Waals surface area contributed by atoms with Crippen molar-refractivity contribution in [1.29, 1.82) is 0 Å². The first kappa shape index (κ1) is 12.3. The van der Waals surface area contributed by atoms with E-state index < -0.39 is 33.2 Å². The largest absolute Gasteiger partial charge is 0.393 e. The lowest BCUT2D eigenvalue weighted by Gasteiger charge is -2.30. The summed E-state index contributed by atoms with van der Waals surface area (Å²) >= 11 is 0. The van der Waals surface area contributed by atoms with Crippen LogP contribution in [0.2, 0.25) is 0 Å². The summed E-state index contributed by atoms with van der Waals surface area (Å²) in [6.07, 6.45) is 0.667. The summed E-state index contributed by atoms with van der Waals surface area (Å²) in [6, 6.07) is 0. The highest BCUT2D eigenvalue weighted by atomic mass is 32.2. The quantitative estimate of drug-likeness (QED) is 0.626. The predicted molar refractivity (Wildman–Crippen MR) is 54.3 cm³/mol. The monoisotopic (exact) mass is 252 g/mol. The second kappa shape index (κ2) is 3.64. The van der Waals surface area contributed by atoms with Gasteiger partial charge < -0.3 is 14.9 Å². The molecule has 2 saturated heterocycles. The van der Waals surface area contributed by atoms with Crippen LogP contribution >= 0.6 is 0 Å². The Kier molecular flexibility index (Phi) is 2.79. The van der Waals surface area contributed by atoms with E-state index in [1.807, 2.05) is 6.92 Å². The van der Waals surface area contributed by atoms with Gasteiger partial charge in [0, 0.05) is 6.42 Å². The Balaban J connectivity index is 2.38. The van der Waals surface area contributed by atoms with Crippen molar-refractivity contribution in [1.82, 2.24) is 0 Å². The molecule has 94 valence electrons. The maximum absolute atomic E-state index is 11.6. The summed E-state index contributed by atoms with van der Waals surface area (Å²) < 4.78 is 33.6. The van der Waals surface area contributed by atoms with Gasteiger partial charge in [-0.05, 0) is 6.42 Å². The van der Waals surface area contributed by atoms with Gasteiger partial charge in [0.15, 0.2) is 0 Å². The molecule has 3 unspecified atom stereocenters. The minimum Gasteiger partial charge on any atom is -0.393 e. The molecule has 0 radical (unpaired) electrons. The second-order valence-electron chi connectivity index (χ2n) is 4.47. The van der Waals surface area contributed by atoms with Crippen molar-refractivity contribution in [3.8, 4) is 0 Å². The van der Waals surface area contributed by atoms with Gasteiger partial charge in [-0.1, -0.05) is 6.92 Å². The third-order valence-electron chi connectivity index (χ3n) is 3.58. The summed E-state index contributed by atoms with van der Waals surface area (Å²) in [7, 11) is -3.68. The van der Waals surface area contributed by atoms with Gasteiger partial charge in [0.1, 0.15) is 10.9 Å². The topological polar surface area (TPSA) is 93.1 Å². The van der Waals surface area contributed by atoms with Crippen molar-refractivity contribution in [2.75, 3.05) is 19.8 Å². The first-order chi connectivity index (χ1) is 7.44. The van der Waals surface area contributed by atoms with Gasteiger partial charge in [-0.3, -0.25) is 4.18 Å². The Morgan fingerprint density at radius 1 is 1.38 bits per heavy atom. The normalized spacial score (nSPS) is 45.8. The number of hydrogen-bond donors (Lipinski definition) is 2.